The van der Waals surface area contributed by atoms with Crippen LogP contribution in [0.5, 0.6) is 5.75 Å². The number of amides is 2. The average Bonchev–Trinajstić information content (AvgIpc) is 2.96. The highest BCUT2D eigenvalue weighted by Crippen LogP contribution is 2.26. The SMILES string of the molecule is Cc1ccc(CNC(=O)COc2ccc3c(c2)CCC(=O)N3)s1. The predicted molar refractivity (Wildman–Crippen MR) is 89.8 cm³/mol. The zero-order chi connectivity index (χ0) is 16.2. The zero-order valence-corrected chi connectivity index (χ0v) is 13.7. The molecule has 0 unspecified atom stereocenters. The fourth-order valence-electron chi connectivity index (χ4n) is 2.42. The van der Waals surface area contributed by atoms with Gasteiger partial charge in [0.05, 0.1) is 6.54 Å². The number of hydrogen-bond acceptors (Lipinski definition) is 4. The Balaban J connectivity index is 1.50. The molecule has 120 valence electrons. The predicted octanol–water partition coefficient (Wildman–Crippen LogP) is 2.64. The quantitative estimate of drug-likeness (QED) is 0.885. The number of carbonyl (C=O) groups excluding carboxylic acids is 2. The van der Waals surface area contributed by atoms with Crippen molar-refractivity contribution in [3.63, 3.8) is 0 Å². The minimum atomic E-state index is -0.151. The summed E-state index contributed by atoms with van der Waals surface area (Å²) in [5.74, 6) is 0.526. The van der Waals surface area contributed by atoms with Gasteiger partial charge >= 0.3 is 0 Å². The summed E-state index contributed by atoms with van der Waals surface area (Å²) in [5.41, 5.74) is 1.86. The van der Waals surface area contributed by atoms with Gasteiger partial charge in [-0.05, 0) is 49.2 Å². The van der Waals surface area contributed by atoms with E-state index in [1.165, 1.54) is 4.88 Å². The monoisotopic (exact) mass is 330 g/mol. The fourth-order valence-corrected chi connectivity index (χ4v) is 3.25. The van der Waals surface area contributed by atoms with E-state index in [2.05, 4.69) is 10.6 Å². The van der Waals surface area contributed by atoms with Crippen molar-refractivity contribution in [2.45, 2.75) is 26.3 Å². The molecule has 6 heteroatoms. The highest BCUT2D eigenvalue weighted by molar-refractivity contribution is 7.11. The fraction of sp³-hybridized carbons (Fsp3) is 0.294. The topological polar surface area (TPSA) is 67.4 Å². The lowest BCUT2D eigenvalue weighted by Gasteiger charge is -2.17. The number of hydrogen-bond donors (Lipinski definition) is 2. The van der Waals surface area contributed by atoms with Crippen molar-refractivity contribution in [1.29, 1.82) is 0 Å². The van der Waals surface area contributed by atoms with Crippen molar-refractivity contribution in [3.05, 3.63) is 45.6 Å². The molecule has 0 spiro atoms. The molecule has 0 fully saturated rings. The van der Waals surface area contributed by atoms with Gasteiger partial charge in [0.1, 0.15) is 5.75 Å². The number of fused-ring (bicyclic) bond motifs is 1. The molecule has 5 nitrogen and oxygen atoms in total. The number of aryl methyl sites for hydroxylation is 2. The maximum Gasteiger partial charge on any atom is 0.258 e. The van der Waals surface area contributed by atoms with Crippen LogP contribution in [0.25, 0.3) is 0 Å². The van der Waals surface area contributed by atoms with E-state index < -0.39 is 0 Å². The van der Waals surface area contributed by atoms with Gasteiger partial charge in [0.2, 0.25) is 5.91 Å². The normalized spacial score (nSPS) is 13.2. The van der Waals surface area contributed by atoms with Crippen LogP contribution in [0, 0.1) is 6.92 Å². The van der Waals surface area contributed by atoms with E-state index in [1.54, 1.807) is 17.4 Å². The number of anilines is 1. The molecule has 0 aliphatic carbocycles. The minimum Gasteiger partial charge on any atom is -0.484 e. The molecule has 1 aliphatic rings. The Morgan fingerprint density at radius 3 is 2.96 bits per heavy atom. The second-order valence-electron chi connectivity index (χ2n) is 5.44. The van der Waals surface area contributed by atoms with Gasteiger partial charge in [-0.2, -0.15) is 0 Å². The van der Waals surface area contributed by atoms with Crippen molar-refractivity contribution in [1.82, 2.24) is 5.32 Å². The third-order valence-corrected chi connectivity index (χ3v) is 4.60. The van der Waals surface area contributed by atoms with Gasteiger partial charge in [0.15, 0.2) is 6.61 Å². The summed E-state index contributed by atoms with van der Waals surface area (Å²) in [4.78, 5) is 25.5. The first-order valence-electron chi connectivity index (χ1n) is 7.48. The van der Waals surface area contributed by atoms with Crippen LogP contribution >= 0.6 is 11.3 Å². The first kappa shape index (κ1) is 15.6. The minimum absolute atomic E-state index is 0.0184. The molecule has 0 saturated carbocycles. The standard InChI is InChI=1S/C17H18N2O3S/c1-11-2-5-14(23-11)9-18-17(21)10-22-13-4-6-15-12(8-13)3-7-16(20)19-15/h2,4-6,8H,3,7,9-10H2,1H3,(H,18,21)(H,19,20). The summed E-state index contributed by atoms with van der Waals surface area (Å²) in [6.45, 7) is 2.55. The Hall–Kier alpha value is -2.34. The van der Waals surface area contributed by atoms with Crippen LogP contribution in [0.3, 0.4) is 0 Å². The molecule has 0 radical (unpaired) electrons. The summed E-state index contributed by atoms with van der Waals surface area (Å²) >= 11 is 1.67. The number of nitrogens with one attached hydrogen (secondary N) is 2. The number of benzene rings is 1. The molecule has 0 atom stereocenters. The third kappa shape index (κ3) is 4.10. The van der Waals surface area contributed by atoms with Crippen LogP contribution in [0.2, 0.25) is 0 Å². The van der Waals surface area contributed by atoms with Gasteiger partial charge in [-0.3, -0.25) is 9.59 Å². The van der Waals surface area contributed by atoms with Gasteiger partial charge in [-0.25, -0.2) is 0 Å². The number of ether oxygens (including phenoxy) is 1. The molecule has 1 aliphatic heterocycles. The van der Waals surface area contributed by atoms with Crippen LogP contribution in [-0.4, -0.2) is 18.4 Å². The van der Waals surface area contributed by atoms with Crippen molar-refractivity contribution in [2.75, 3.05) is 11.9 Å². The molecule has 1 aromatic heterocycles. The Morgan fingerprint density at radius 2 is 2.17 bits per heavy atom. The maximum absolute atomic E-state index is 11.8. The lowest BCUT2D eigenvalue weighted by atomic mass is 10.0. The van der Waals surface area contributed by atoms with Gasteiger partial charge in [-0.15, -0.1) is 11.3 Å². The summed E-state index contributed by atoms with van der Waals surface area (Å²) in [5, 5.41) is 5.66. The van der Waals surface area contributed by atoms with Gasteiger partial charge < -0.3 is 15.4 Å². The molecule has 1 aromatic carbocycles. The third-order valence-electron chi connectivity index (χ3n) is 3.60. The molecule has 23 heavy (non-hydrogen) atoms. The van der Waals surface area contributed by atoms with Crippen molar-refractivity contribution < 1.29 is 14.3 Å². The van der Waals surface area contributed by atoms with Crippen molar-refractivity contribution in [2.24, 2.45) is 0 Å². The lowest BCUT2D eigenvalue weighted by Crippen LogP contribution is -2.28. The Kier molecular flexibility index (Phi) is 4.62. The van der Waals surface area contributed by atoms with E-state index in [1.807, 2.05) is 31.2 Å². The summed E-state index contributed by atoms with van der Waals surface area (Å²) in [6.07, 6.45) is 1.18. The lowest BCUT2D eigenvalue weighted by molar-refractivity contribution is -0.123. The molecule has 0 bridgehead atoms. The Bertz CT molecular complexity index is 739. The molecule has 2 aromatic rings. The first-order valence-corrected chi connectivity index (χ1v) is 8.29. The van der Waals surface area contributed by atoms with Crippen LogP contribution < -0.4 is 15.4 Å². The van der Waals surface area contributed by atoms with Crippen LogP contribution in [0.1, 0.15) is 21.7 Å². The number of carbonyl (C=O) groups is 2. The highest BCUT2D eigenvalue weighted by Gasteiger charge is 2.15. The maximum atomic E-state index is 11.8. The summed E-state index contributed by atoms with van der Waals surface area (Å²) in [7, 11) is 0. The summed E-state index contributed by atoms with van der Waals surface area (Å²) < 4.78 is 5.53. The molecule has 2 heterocycles. The molecule has 0 saturated heterocycles. The van der Waals surface area contributed by atoms with Crippen molar-refractivity contribution >= 4 is 28.8 Å². The van der Waals surface area contributed by atoms with E-state index in [0.717, 1.165) is 16.1 Å². The van der Waals surface area contributed by atoms with E-state index in [0.29, 0.717) is 25.1 Å². The second-order valence-corrected chi connectivity index (χ2v) is 6.82. The Labute approximate surface area is 138 Å². The first-order chi connectivity index (χ1) is 11.1. The van der Waals surface area contributed by atoms with E-state index in [9.17, 15) is 9.59 Å². The molecule has 3 rings (SSSR count). The molecule has 2 amide bonds. The van der Waals surface area contributed by atoms with Crippen LogP contribution in [-0.2, 0) is 22.6 Å². The highest BCUT2D eigenvalue weighted by atomic mass is 32.1. The zero-order valence-electron chi connectivity index (χ0n) is 12.8. The van der Waals surface area contributed by atoms with Gasteiger partial charge in [0, 0.05) is 21.9 Å². The van der Waals surface area contributed by atoms with Crippen LogP contribution in [0.4, 0.5) is 5.69 Å². The Morgan fingerprint density at radius 1 is 1.30 bits per heavy atom. The molecular formula is C17H18N2O3S. The van der Waals surface area contributed by atoms with Gasteiger partial charge in [0.25, 0.3) is 5.91 Å². The van der Waals surface area contributed by atoms with Crippen molar-refractivity contribution in [3.8, 4) is 5.75 Å². The van der Waals surface area contributed by atoms with Gasteiger partial charge in [-0.1, -0.05) is 0 Å². The average molecular weight is 330 g/mol. The largest absolute Gasteiger partial charge is 0.484 e. The van der Waals surface area contributed by atoms with E-state index in [-0.39, 0.29) is 18.4 Å². The smallest absolute Gasteiger partial charge is 0.258 e. The number of rotatable bonds is 5. The second kappa shape index (κ2) is 6.83. The van der Waals surface area contributed by atoms with E-state index >= 15 is 0 Å². The molecule has 2 N–H and O–H groups in total. The van der Waals surface area contributed by atoms with Crippen LogP contribution in [0.15, 0.2) is 30.3 Å². The molecular weight excluding hydrogens is 312 g/mol. The van der Waals surface area contributed by atoms with E-state index in [4.69, 9.17) is 4.74 Å². The summed E-state index contributed by atoms with van der Waals surface area (Å²) in [6, 6.07) is 9.51. The number of thiophene rings is 1.